The molecule has 0 unspecified atom stereocenters. The average Bonchev–Trinajstić information content (AvgIpc) is 3.32. The summed E-state index contributed by atoms with van der Waals surface area (Å²) in [4.78, 5) is 12.0. The van der Waals surface area contributed by atoms with Gasteiger partial charge in [-0.1, -0.05) is 12.1 Å². The maximum absolute atomic E-state index is 13.1. The topological polar surface area (TPSA) is 66.5 Å². The second-order valence-corrected chi connectivity index (χ2v) is 8.05. The van der Waals surface area contributed by atoms with Gasteiger partial charge in [0.25, 0.3) is 0 Å². The van der Waals surface area contributed by atoms with E-state index >= 15 is 0 Å². The van der Waals surface area contributed by atoms with Crippen molar-refractivity contribution >= 4 is 27.3 Å². The normalized spacial score (nSPS) is 14.2. The standard InChI is InChI=1S/C18H19FN2O3S/c1-25(23,24)21(17-9-10-17)16-7-5-15(6-8-16)20-18(22)12-13-3-2-4-14(19)11-13/h2-8,11,17H,9-10,12H2,1H3,(H,20,22). The number of sulfonamides is 1. The second kappa shape index (κ2) is 6.84. The highest BCUT2D eigenvalue weighted by atomic mass is 32.2. The first kappa shape index (κ1) is 17.4. The molecule has 1 amide bonds. The van der Waals surface area contributed by atoms with Gasteiger partial charge in [-0.15, -0.1) is 0 Å². The third-order valence-electron chi connectivity index (χ3n) is 3.90. The van der Waals surface area contributed by atoms with Crippen molar-refractivity contribution in [3.63, 3.8) is 0 Å². The van der Waals surface area contributed by atoms with Gasteiger partial charge in [0.15, 0.2) is 0 Å². The number of nitrogens with one attached hydrogen (secondary N) is 1. The molecule has 3 rings (SSSR count). The molecule has 0 bridgehead atoms. The minimum absolute atomic E-state index is 0.0309. The number of rotatable bonds is 6. The van der Waals surface area contributed by atoms with Crippen LogP contribution in [0, 0.1) is 5.82 Å². The number of hydrogen-bond acceptors (Lipinski definition) is 3. The molecule has 2 aromatic rings. The van der Waals surface area contributed by atoms with Gasteiger partial charge in [0, 0.05) is 11.7 Å². The van der Waals surface area contributed by atoms with E-state index in [9.17, 15) is 17.6 Å². The molecule has 1 saturated carbocycles. The zero-order valence-electron chi connectivity index (χ0n) is 13.8. The van der Waals surface area contributed by atoms with E-state index in [1.165, 1.54) is 22.7 Å². The molecule has 2 aromatic carbocycles. The summed E-state index contributed by atoms with van der Waals surface area (Å²) in [6.45, 7) is 0. The van der Waals surface area contributed by atoms with Gasteiger partial charge in [-0.05, 0) is 54.8 Å². The van der Waals surface area contributed by atoms with Gasteiger partial charge in [-0.3, -0.25) is 9.10 Å². The van der Waals surface area contributed by atoms with E-state index in [4.69, 9.17) is 0 Å². The zero-order chi connectivity index (χ0) is 18.0. The maximum atomic E-state index is 13.1. The SMILES string of the molecule is CS(=O)(=O)N(c1ccc(NC(=O)Cc2cccc(F)c2)cc1)C1CC1. The van der Waals surface area contributed by atoms with Crippen LogP contribution in [-0.2, 0) is 21.2 Å². The average molecular weight is 362 g/mol. The van der Waals surface area contributed by atoms with Crippen molar-refractivity contribution in [2.24, 2.45) is 0 Å². The smallest absolute Gasteiger partial charge is 0.232 e. The van der Waals surface area contributed by atoms with Crippen LogP contribution in [0.5, 0.6) is 0 Å². The van der Waals surface area contributed by atoms with Crippen LogP contribution in [0.15, 0.2) is 48.5 Å². The summed E-state index contributed by atoms with van der Waals surface area (Å²) in [5, 5.41) is 2.73. The Hall–Kier alpha value is -2.41. The molecular weight excluding hydrogens is 343 g/mol. The lowest BCUT2D eigenvalue weighted by molar-refractivity contribution is -0.115. The highest BCUT2D eigenvalue weighted by Gasteiger charge is 2.35. The van der Waals surface area contributed by atoms with Crippen molar-refractivity contribution in [2.75, 3.05) is 15.9 Å². The lowest BCUT2D eigenvalue weighted by Crippen LogP contribution is -2.31. The van der Waals surface area contributed by atoms with E-state index in [0.29, 0.717) is 16.9 Å². The fourth-order valence-corrected chi connectivity index (χ4v) is 3.97. The molecule has 7 heteroatoms. The number of carbonyl (C=O) groups excluding carboxylic acids is 1. The van der Waals surface area contributed by atoms with Crippen LogP contribution in [0.2, 0.25) is 0 Å². The Morgan fingerprint density at radius 3 is 2.44 bits per heavy atom. The summed E-state index contributed by atoms with van der Waals surface area (Å²) in [6.07, 6.45) is 2.98. The molecule has 1 aliphatic rings. The summed E-state index contributed by atoms with van der Waals surface area (Å²) < 4.78 is 38.4. The van der Waals surface area contributed by atoms with Crippen molar-refractivity contribution in [1.29, 1.82) is 0 Å². The fraction of sp³-hybridized carbons (Fsp3) is 0.278. The molecule has 1 fully saturated rings. The number of hydrogen-bond donors (Lipinski definition) is 1. The highest BCUT2D eigenvalue weighted by molar-refractivity contribution is 7.92. The lowest BCUT2D eigenvalue weighted by atomic mass is 10.1. The molecule has 1 N–H and O–H groups in total. The van der Waals surface area contributed by atoms with Gasteiger partial charge in [0.2, 0.25) is 15.9 Å². The van der Waals surface area contributed by atoms with Gasteiger partial charge in [-0.2, -0.15) is 0 Å². The predicted molar refractivity (Wildman–Crippen MR) is 95.5 cm³/mol. The number of nitrogens with zero attached hydrogens (tertiary/aromatic N) is 1. The Morgan fingerprint density at radius 2 is 1.88 bits per heavy atom. The second-order valence-electron chi connectivity index (χ2n) is 6.19. The van der Waals surface area contributed by atoms with E-state index in [-0.39, 0.29) is 24.2 Å². The van der Waals surface area contributed by atoms with Crippen LogP contribution in [0.1, 0.15) is 18.4 Å². The Kier molecular flexibility index (Phi) is 4.76. The minimum atomic E-state index is -3.32. The molecule has 0 spiro atoms. The van der Waals surface area contributed by atoms with Crippen LogP contribution in [0.3, 0.4) is 0 Å². The first-order valence-corrected chi connectivity index (χ1v) is 9.81. The minimum Gasteiger partial charge on any atom is -0.326 e. The van der Waals surface area contributed by atoms with Crippen LogP contribution in [-0.4, -0.2) is 26.6 Å². The highest BCUT2D eigenvalue weighted by Crippen LogP contribution is 2.34. The Labute approximate surface area is 146 Å². The summed E-state index contributed by atoms with van der Waals surface area (Å²) in [5.74, 6) is -0.642. The Balaban J connectivity index is 1.67. The number of anilines is 2. The van der Waals surface area contributed by atoms with Gasteiger partial charge in [0.1, 0.15) is 5.82 Å². The monoisotopic (exact) mass is 362 g/mol. The van der Waals surface area contributed by atoms with Gasteiger partial charge in [0.05, 0.1) is 18.4 Å². The molecule has 1 aliphatic carbocycles. The lowest BCUT2D eigenvalue weighted by Gasteiger charge is -2.22. The number of amides is 1. The van der Waals surface area contributed by atoms with E-state index < -0.39 is 10.0 Å². The zero-order valence-corrected chi connectivity index (χ0v) is 14.6. The third-order valence-corrected chi connectivity index (χ3v) is 5.12. The molecule has 5 nitrogen and oxygen atoms in total. The van der Waals surface area contributed by atoms with E-state index in [2.05, 4.69) is 5.32 Å². The maximum Gasteiger partial charge on any atom is 0.232 e. The van der Waals surface area contributed by atoms with Crippen LogP contribution in [0.4, 0.5) is 15.8 Å². The summed E-state index contributed by atoms with van der Waals surface area (Å²) in [5.41, 5.74) is 1.74. The Morgan fingerprint density at radius 1 is 1.20 bits per heavy atom. The molecule has 0 heterocycles. The molecule has 25 heavy (non-hydrogen) atoms. The van der Waals surface area contributed by atoms with Crippen molar-refractivity contribution in [3.05, 3.63) is 59.9 Å². The van der Waals surface area contributed by atoms with E-state index in [1.54, 1.807) is 36.4 Å². The predicted octanol–water partition coefficient (Wildman–Crippen LogP) is 2.94. The third kappa shape index (κ3) is 4.57. The number of halogens is 1. The molecule has 0 aromatic heterocycles. The van der Waals surface area contributed by atoms with Gasteiger partial charge < -0.3 is 5.32 Å². The quantitative estimate of drug-likeness (QED) is 0.859. The molecule has 132 valence electrons. The molecule has 0 radical (unpaired) electrons. The van der Waals surface area contributed by atoms with Crippen LogP contribution >= 0.6 is 0 Å². The van der Waals surface area contributed by atoms with Gasteiger partial charge >= 0.3 is 0 Å². The summed E-state index contributed by atoms with van der Waals surface area (Å²) in [6, 6.07) is 12.6. The summed E-state index contributed by atoms with van der Waals surface area (Å²) >= 11 is 0. The van der Waals surface area contributed by atoms with Crippen LogP contribution in [0.25, 0.3) is 0 Å². The van der Waals surface area contributed by atoms with Crippen molar-refractivity contribution in [2.45, 2.75) is 25.3 Å². The number of benzene rings is 2. The summed E-state index contributed by atoms with van der Waals surface area (Å²) in [7, 11) is -3.32. The van der Waals surface area contributed by atoms with Gasteiger partial charge in [-0.25, -0.2) is 12.8 Å². The molecular formula is C18H19FN2O3S. The van der Waals surface area contributed by atoms with E-state index in [1.807, 2.05) is 0 Å². The number of carbonyl (C=O) groups is 1. The Bertz CT molecular complexity index is 877. The van der Waals surface area contributed by atoms with Crippen molar-refractivity contribution in [1.82, 2.24) is 0 Å². The molecule has 0 aliphatic heterocycles. The van der Waals surface area contributed by atoms with Crippen molar-refractivity contribution < 1.29 is 17.6 Å². The first-order valence-electron chi connectivity index (χ1n) is 7.97. The largest absolute Gasteiger partial charge is 0.326 e. The molecule has 0 atom stereocenters. The first-order chi connectivity index (χ1) is 11.8. The molecule has 0 saturated heterocycles. The van der Waals surface area contributed by atoms with Crippen LogP contribution < -0.4 is 9.62 Å². The fourth-order valence-electron chi connectivity index (χ4n) is 2.71. The van der Waals surface area contributed by atoms with Crippen molar-refractivity contribution in [3.8, 4) is 0 Å². The van der Waals surface area contributed by atoms with E-state index in [0.717, 1.165) is 12.8 Å².